The molecule has 1 rings (SSSR count). The van der Waals surface area contributed by atoms with Crippen molar-refractivity contribution < 1.29 is 9.84 Å². The summed E-state index contributed by atoms with van der Waals surface area (Å²) in [5.74, 6) is 1.78. The van der Waals surface area contributed by atoms with Gasteiger partial charge < -0.3 is 9.84 Å². The fraction of sp³-hybridized carbons (Fsp3) is 0.462. The molecular weight excluding hydrogens is 234 g/mol. The first-order valence-electron chi connectivity index (χ1n) is 5.61. The Balaban J connectivity index is 2.16. The highest BCUT2D eigenvalue weighted by molar-refractivity contribution is 7.99. The molecule has 0 radical (unpaired) electrons. The summed E-state index contributed by atoms with van der Waals surface area (Å²) in [6, 6.07) is 9.18. The van der Waals surface area contributed by atoms with Crippen LogP contribution in [0.5, 0.6) is 5.75 Å². The molecule has 0 aliphatic rings. The third kappa shape index (κ3) is 5.62. The summed E-state index contributed by atoms with van der Waals surface area (Å²) in [6.07, 6.45) is 0.953. The Morgan fingerprint density at radius 1 is 1.41 bits per heavy atom. The van der Waals surface area contributed by atoms with Gasteiger partial charge in [-0.05, 0) is 36.4 Å². The van der Waals surface area contributed by atoms with Crippen LogP contribution in [0.4, 0.5) is 0 Å². The number of ether oxygens (including phenoxy) is 1. The number of aliphatic hydroxyl groups is 1. The van der Waals surface area contributed by atoms with E-state index in [-0.39, 0.29) is 6.61 Å². The molecule has 1 N–H and O–H groups in total. The molecule has 92 valence electrons. The predicted molar refractivity (Wildman–Crippen MR) is 70.3 cm³/mol. The van der Waals surface area contributed by atoms with Crippen LogP contribution in [0.1, 0.15) is 18.9 Å². The van der Waals surface area contributed by atoms with E-state index in [2.05, 4.69) is 6.07 Å². The second kappa shape index (κ2) is 7.99. The van der Waals surface area contributed by atoms with Crippen molar-refractivity contribution in [1.29, 1.82) is 5.26 Å². The molecule has 0 saturated carbocycles. The van der Waals surface area contributed by atoms with Crippen LogP contribution >= 0.6 is 11.8 Å². The van der Waals surface area contributed by atoms with Gasteiger partial charge in [0.05, 0.1) is 24.8 Å². The Hall–Kier alpha value is -1.18. The maximum Gasteiger partial charge on any atom is 0.119 e. The molecule has 1 unspecified atom stereocenters. The van der Waals surface area contributed by atoms with E-state index < -0.39 is 0 Å². The van der Waals surface area contributed by atoms with Crippen molar-refractivity contribution in [2.75, 3.05) is 19.0 Å². The minimum Gasteiger partial charge on any atom is -0.494 e. The van der Waals surface area contributed by atoms with Crippen LogP contribution in [-0.4, -0.2) is 29.3 Å². The highest BCUT2D eigenvalue weighted by Gasteiger charge is 2.00. The highest BCUT2D eigenvalue weighted by Crippen LogP contribution is 2.14. The van der Waals surface area contributed by atoms with Crippen molar-refractivity contribution >= 4 is 11.8 Å². The molecule has 0 aliphatic heterocycles. The van der Waals surface area contributed by atoms with Crippen molar-refractivity contribution in [2.24, 2.45) is 0 Å². The summed E-state index contributed by atoms with van der Waals surface area (Å²) >= 11 is 1.74. The van der Waals surface area contributed by atoms with E-state index in [0.717, 1.165) is 17.9 Å². The van der Waals surface area contributed by atoms with Crippen molar-refractivity contribution in [2.45, 2.75) is 18.6 Å². The summed E-state index contributed by atoms with van der Waals surface area (Å²) in [5.41, 5.74) is 0.643. The molecule has 0 heterocycles. The summed E-state index contributed by atoms with van der Waals surface area (Å²) in [6.45, 7) is 2.89. The third-order valence-corrected chi connectivity index (χ3v) is 3.44. The number of hydrogen-bond acceptors (Lipinski definition) is 4. The largest absolute Gasteiger partial charge is 0.494 e. The van der Waals surface area contributed by atoms with Crippen molar-refractivity contribution in [3.05, 3.63) is 29.8 Å². The van der Waals surface area contributed by atoms with Gasteiger partial charge in [0.25, 0.3) is 0 Å². The SMILES string of the molecule is CC(CO)SCCCOc1ccc(C#N)cc1. The molecule has 0 amide bonds. The lowest BCUT2D eigenvalue weighted by Crippen LogP contribution is -2.05. The van der Waals surface area contributed by atoms with Crippen molar-refractivity contribution in [3.8, 4) is 11.8 Å². The number of nitriles is 1. The highest BCUT2D eigenvalue weighted by atomic mass is 32.2. The molecule has 1 aromatic carbocycles. The molecular formula is C13H17NO2S. The van der Waals surface area contributed by atoms with Gasteiger partial charge in [0, 0.05) is 5.25 Å². The minimum absolute atomic E-state index is 0.223. The Kier molecular flexibility index (Phi) is 6.53. The molecule has 4 heteroatoms. The zero-order valence-corrected chi connectivity index (χ0v) is 10.7. The smallest absolute Gasteiger partial charge is 0.119 e. The summed E-state index contributed by atoms with van der Waals surface area (Å²) < 4.78 is 5.54. The van der Waals surface area contributed by atoms with Crippen LogP contribution in [0.15, 0.2) is 24.3 Å². The summed E-state index contributed by atoms with van der Waals surface area (Å²) in [5, 5.41) is 17.8. The zero-order chi connectivity index (χ0) is 12.5. The number of benzene rings is 1. The fourth-order valence-corrected chi connectivity index (χ4v) is 2.00. The third-order valence-electron chi connectivity index (χ3n) is 2.20. The maximum absolute atomic E-state index is 8.84. The Bertz CT molecular complexity index is 359. The van der Waals surface area contributed by atoms with Gasteiger partial charge >= 0.3 is 0 Å². The average molecular weight is 251 g/mol. The van der Waals surface area contributed by atoms with Gasteiger partial charge in [-0.25, -0.2) is 0 Å². The van der Waals surface area contributed by atoms with Gasteiger partial charge in [0.15, 0.2) is 0 Å². The Morgan fingerprint density at radius 3 is 2.71 bits per heavy atom. The van der Waals surface area contributed by atoms with Crippen LogP contribution in [-0.2, 0) is 0 Å². The van der Waals surface area contributed by atoms with E-state index in [4.69, 9.17) is 15.1 Å². The number of nitrogens with zero attached hydrogens (tertiary/aromatic N) is 1. The average Bonchev–Trinajstić information content (AvgIpc) is 2.38. The van der Waals surface area contributed by atoms with Crippen molar-refractivity contribution in [1.82, 2.24) is 0 Å². The second-order valence-electron chi connectivity index (χ2n) is 3.70. The normalized spacial score (nSPS) is 11.8. The van der Waals surface area contributed by atoms with E-state index in [0.29, 0.717) is 17.4 Å². The number of aliphatic hydroxyl groups excluding tert-OH is 1. The van der Waals surface area contributed by atoms with E-state index in [1.54, 1.807) is 23.9 Å². The molecule has 3 nitrogen and oxygen atoms in total. The first-order valence-corrected chi connectivity index (χ1v) is 6.66. The van der Waals surface area contributed by atoms with E-state index >= 15 is 0 Å². The monoisotopic (exact) mass is 251 g/mol. The van der Waals surface area contributed by atoms with Gasteiger partial charge in [-0.3, -0.25) is 0 Å². The molecule has 0 saturated heterocycles. The fourth-order valence-electron chi connectivity index (χ4n) is 1.21. The molecule has 0 bridgehead atoms. The molecule has 1 aromatic rings. The standard InChI is InChI=1S/C13H17NO2S/c1-11(10-15)17-8-2-7-16-13-5-3-12(9-14)4-6-13/h3-6,11,15H,2,7-8,10H2,1H3. The van der Waals surface area contributed by atoms with Crippen LogP contribution < -0.4 is 4.74 Å². The van der Waals surface area contributed by atoms with Gasteiger partial charge in [0.2, 0.25) is 0 Å². The molecule has 0 spiro atoms. The lowest BCUT2D eigenvalue weighted by atomic mass is 10.2. The van der Waals surface area contributed by atoms with Gasteiger partial charge in [0.1, 0.15) is 5.75 Å². The van der Waals surface area contributed by atoms with Gasteiger partial charge in [-0.1, -0.05) is 6.92 Å². The molecule has 0 fully saturated rings. The summed E-state index contributed by atoms with van der Waals surface area (Å²) in [7, 11) is 0. The van der Waals surface area contributed by atoms with Gasteiger partial charge in [-0.15, -0.1) is 0 Å². The Labute approximate surface area is 106 Å². The predicted octanol–water partition coefficient (Wildman–Crippen LogP) is 2.44. The first kappa shape index (κ1) is 13.9. The Morgan fingerprint density at radius 2 is 2.12 bits per heavy atom. The number of rotatable bonds is 7. The van der Waals surface area contributed by atoms with Crippen LogP contribution in [0.2, 0.25) is 0 Å². The number of hydrogen-bond donors (Lipinski definition) is 1. The lowest BCUT2D eigenvalue weighted by Gasteiger charge is -2.08. The van der Waals surface area contributed by atoms with Crippen LogP contribution in [0.25, 0.3) is 0 Å². The van der Waals surface area contributed by atoms with Crippen LogP contribution in [0, 0.1) is 11.3 Å². The van der Waals surface area contributed by atoms with E-state index in [1.165, 1.54) is 0 Å². The molecule has 1 atom stereocenters. The van der Waals surface area contributed by atoms with Crippen molar-refractivity contribution in [3.63, 3.8) is 0 Å². The first-order chi connectivity index (χ1) is 8.26. The van der Waals surface area contributed by atoms with E-state index in [1.807, 2.05) is 19.1 Å². The van der Waals surface area contributed by atoms with Crippen LogP contribution in [0.3, 0.4) is 0 Å². The lowest BCUT2D eigenvalue weighted by molar-refractivity contribution is 0.299. The second-order valence-corrected chi connectivity index (χ2v) is 5.25. The minimum atomic E-state index is 0.223. The molecule has 0 aliphatic carbocycles. The molecule has 17 heavy (non-hydrogen) atoms. The van der Waals surface area contributed by atoms with E-state index in [9.17, 15) is 0 Å². The molecule has 0 aromatic heterocycles. The topological polar surface area (TPSA) is 53.2 Å². The maximum atomic E-state index is 8.84. The summed E-state index contributed by atoms with van der Waals surface area (Å²) in [4.78, 5) is 0. The zero-order valence-electron chi connectivity index (χ0n) is 9.93. The quantitative estimate of drug-likeness (QED) is 0.756. The van der Waals surface area contributed by atoms with Gasteiger partial charge in [-0.2, -0.15) is 17.0 Å². The number of thioether (sulfide) groups is 1.